The van der Waals surface area contributed by atoms with Gasteiger partial charge in [-0.1, -0.05) is 19.1 Å². The Labute approximate surface area is 149 Å². The summed E-state index contributed by atoms with van der Waals surface area (Å²) in [6, 6.07) is 7.60. The Balaban J connectivity index is 1.49. The minimum absolute atomic E-state index is 0.0697. The molecule has 0 spiro atoms. The normalized spacial score (nSPS) is 19.3. The number of rotatable bonds is 5. The van der Waals surface area contributed by atoms with E-state index < -0.39 is 0 Å². The number of amides is 2. The third-order valence-corrected chi connectivity index (χ3v) is 5.34. The standard InChI is InChI=1S/C19H27N3O3/c1-14(16-12-20-13-16)19(24)22-8-6-21(7-9-22)18(23)11-15-4-3-5-17(10-15)25-2/h3-5,10,14,16,20H,6-9,11-13H2,1-2H3. The van der Waals surface area contributed by atoms with Crippen LogP contribution in [-0.2, 0) is 16.0 Å². The molecule has 3 rings (SSSR count). The highest BCUT2D eigenvalue weighted by Gasteiger charge is 2.33. The molecule has 2 aliphatic heterocycles. The number of hydrogen-bond acceptors (Lipinski definition) is 4. The van der Waals surface area contributed by atoms with Crippen LogP contribution in [0.5, 0.6) is 5.75 Å². The van der Waals surface area contributed by atoms with Crippen molar-refractivity contribution in [2.75, 3.05) is 46.4 Å². The minimum Gasteiger partial charge on any atom is -0.497 e. The monoisotopic (exact) mass is 345 g/mol. The smallest absolute Gasteiger partial charge is 0.227 e. The number of benzene rings is 1. The first-order valence-electron chi connectivity index (χ1n) is 8.98. The third kappa shape index (κ3) is 4.12. The fourth-order valence-electron chi connectivity index (χ4n) is 3.40. The fraction of sp³-hybridized carbons (Fsp3) is 0.579. The van der Waals surface area contributed by atoms with Gasteiger partial charge in [0.15, 0.2) is 0 Å². The van der Waals surface area contributed by atoms with Crippen LogP contribution < -0.4 is 10.1 Å². The second-order valence-electron chi connectivity index (χ2n) is 6.94. The molecule has 6 nitrogen and oxygen atoms in total. The number of piperazine rings is 1. The highest BCUT2D eigenvalue weighted by molar-refractivity contribution is 5.81. The number of carbonyl (C=O) groups excluding carboxylic acids is 2. The lowest BCUT2D eigenvalue weighted by Crippen LogP contribution is -2.55. The average Bonchev–Trinajstić information content (AvgIpc) is 2.59. The molecule has 0 aromatic heterocycles. The first kappa shape index (κ1) is 17.7. The summed E-state index contributed by atoms with van der Waals surface area (Å²) in [5.41, 5.74) is 0.953. The van der Waals surface area contributed by atoms with Crippen LogP contribution in [0.2, 0.25) is 0 Å². The molecule has 1 atom stereocenters. The maximum absolute atomic E-state index is 12.6. The van der Waals surface area contributed by atoms with Gasteiger partial charge in [0.2, 0.25) is 11.8 Å². The van der Waals surface area contributed by atoms with Gasteiger partial charge in [-0.15, -0.1) is 0 Å². The van der Waals surface area contributed by atoms with Crippen LogP contribution in [0, 0.1) is 11.8 Å². The molecule has 0 bridgehead atoms. The van der Waals surface area contributed by atoms with Crippen LogP contribution in [0.15, 0.2) is 24.3 Å². The van der Waals surface area contributed by atoms with Crippen molar-refractivity contribution in [3.8, 4) is 5.75 Å². The summed E-state index contributed by atoms with van der Waals surface area (Å²) in [6.07, 6.45) is 0.370. The highest BCUT2D eigenvalue weighted by Crippen LogP contribution is 2.20. The predicted octanol–water partition coefficient (Wildman–Crippen LogP) is 0.764. The first-order valence-corrected chi connectivity index (χ1v) is 8.98. The molecule has 2 amide bonds. The van der Waals surface area contributed by atoms with Crippen molar-refractivity contribution in [3.05, 3.63) is 29.8 Å². The number of carbonyl (C=O) groups is 2. The summed E-state index contributed by atoms with van der Waals surface area (Å²) < 4.78 is 5.20. The van der Waals surface area contributed by atoms with E-state index in [1.54, 1.807) is 7.11 Å². The fourth-order valence-corrected chi connectivity index (χ4v) is 3.40. The Morgan fingerprint density at radius 2 is 1.88 bits per heavy atom. The van der Waals surface area contributed by atoms with Gasteiger partial charge in [-0.2, -0.15) is 0 Å². The molecule has 2 heterocycles. The van der Waals surface area contributed by atoms with E-state index in [2.05, 4.69) is 5.32 Å². The van der Waals surface area contributed by atoms with Crippen molar-refractivity contribution in [2.24, 2.45) is 11.8 Å². The SMILES string of the molecule is COc1cccc(CC(=O)N2CCN(C(=O)C(C)C3CNC3)CC2)c1. The van der Waals surface area contributed by atoms with Gasteiger partial charge in [0.05, 0.1) is 13.5 Å². The summed E-state index contributed by atoms with van der Waals surface area (Å²) in [6.45, 7) is 6.39. The molecule has 6 heteroatoms. The van der Waals surface area contributed by atoms with Crippen molar-refractivity contribution in [3.63, 3.8) is 0 Å². The van der Waals surface area contributed by atoms with Gasteiger partial charge < -0.3 is 19.9 Å². The van der Waals surface area contributed by atoms with Gasteiger partial charge in [-0.25, -0.2) is 0 Å². The summed E-state index contributed by atoms with van der Waals surface area (Å²) in [5.74, 6) is 1.63. The van der Waals surface area contributed by atoms with Crippen molar-refractivity contribution in [1.29, 1.82) is 0 Å². The molecule has 1 unspecified atom stereocenters. The Kier molecular flexibility index (Phi) is 5.58. The second-order valence-corrected chi connectivity index (χ2v) is 6.94. The largest absolute Gasteiger partial charge is 0.497 e. The number of ether oxygens (including phenoxy) is 1. The molecule has 0 radical (unpaired) electrons. The quantitative estimate of drug-likeness (QED) is 0.856. The summed E-state index contributed by atoms with van der Waals surface area (Å²) in [4.78, 5) is 28.8. The molecule has 0 aliphatic carbocycles. The summed E-state index contributed by atoms with van der Waals surface area (Å²) >= 11 is 0. The highest BCUT2D eigenvalue weighted by atomic mass is 16.5. The molecule has 2 fully saturated rings. The zero-order chi connectivity index (χ0) is 17.8. The minimum atomic E-state index is 0.0697. The molecular weight excluding hydrogens is 318 g/mol. The summed E-state index contributed by atoms with van der Waals surface area (Å²) in [5, 5.41) is 3.22. The number of methoxy groups -OCH3 is 1. The van der Waals surface area contributed by atoms with Crippen molar-refractivity contribution < 1.29 is 14.3 Å². The molecule has 2 aliphatic rings. The van der Waals surface area contributed by atoms with Crippen LogP contribution in [-0.4, -0.2) is 68.0 Å². The maximum Gasteiger partial charge on any atom is 0.227 e. The number of nitrogens with zero attached hydrogens (tertiary/aromatic N) is 2. The second kappa shape index (κ2) is 7.87. The van der Waals surface area contributed by atoms with Gasteiger partial charge in [0.25, 0.3) is 0 Å². The van der Waals surface area contributed by atoms with Crippen LogP contribution in [0.4, 0.5) is 0 Å². The van der Waals surface area contributed by atoms with Crippen molar-refractivity contribution in [2.45, 2.75) is 13.3 Å². The van der Waals surface area contributed by atoms with Crippen molar-refractivity contribution in [1.82, 2.24) is 15.1 Å². The van der Waals surface area contributed by atoms with Gasteiger partial charge in [0.1, 0.15) is 5.75 Å². The average molecular weight is 345 g/mol. The predicted molar refractivity (Wildman–Crippen MR) is 95.4 cm³/mol. The molecule has 136 valence electrons. The van der Waals surface area contributed by atoms with Crippen LogP contribution in [0.3, 0.4) is 0 Å². The molecule has 1 aromatic rings. The lowest BCUT2D eigenvalue weighted by atomic mass is 9.88. The van der Waals surface area contributed by atoms with E-state index in [0.717, 1.165) is 24.4 Å². The van der Waals surface area contributed by atoms with E-state index in [-0.39, 0.29) is 17.7 Å². The Morgan fingerprint density at radius 1 is 1.20 bits per heavy atom. The Hall–Kier alpha value is -2.08. The molecular formula is C19H27N3O3. The number of hydrogen-bond donors (Lipinski definition) is 1. The summed E-state index contributed by atoms with van der Waals surface area (Å²) in [7, 11) is 1.62. The van der Waals surface area contributed by atoms with Gasteiger partial charge in [0, 0.05) is 32.1 Å². The lowest BCUT2D eigenvalue weighted by molar-refractivity contribution is -0.143. The van der Waals surface area contributed by atoms with Crippen LogP contribution in [0.25, 0.3) is 0 Å². The van der Waals surface area contributed by atoms with E-state index in [0.29, 0.717) is 38.5 Å². The molecule has 25 heavy (non-hydrogen) atoms. The topological polar surface area (TPSA) is 61.9 Å². The number of nitrogens with one attached hydrogen (secondary N) is 1. The first-order chi connectivity index (χ1) is 12.1. The van der Waals surface area contributed by atoms with E-state index in [1.807, 2.05) is 41.0 Å². The van der Waals surface area contributed by atoms with Gasteiger partial charge in [-0.3, -0.25) is 9.59 Å². The Morgan fingerprint density at radius 3 is 2.48 bits per heavy atom. The van der Waals surface area contributed by atoms with Gasteiger partial charge in [-0.05, 0) is 36.7 Å². The van der Waals surface area contributed by atoms with Gasteiger partial charge >= 0.3 is 0 Å². The Bertz CT molecular complexity index is 622. The van der Waals surface area contributed by atoms with Crippen molar-refractivity contribution >= 4 is 11.8 Å². The van der Waals surface area contributed by atoms with Crippen LogP contribution in [0.1, 0.15) is 12.5 Å². The van der Waals surface area contributed by atoms with E-state index in [9.17, 15) is 9.59 Å². The molecule has 0 saturated carbocycles. The zero-order valence-corrected chi connectivity index (χ0v) is 15.0. The van der Waals surface area contributed by atoms with E-state index >= 15 is 0 Å². The van der Waals surface area contributed by atoms with E-state index in [4.69, 9.17) is 4.74 Å². The molecule has 1 N–H and O–H groups in total. The maximum atomic E-state index is 12.6. The lowest BCUT2D eigenvalue weighted by Gasteiger charge is -2.39. The zero-order valence-electron chi connectivity index (χ0n) is 15.0. The molecule has 1 aromatic carbocycles. The third-order valence-electron chi connectivity index (χ3n) is 5.34. The molecule has 2 saturated heterocycles. The van der Waals surface area contributed by atoms with Crippen LogP contribution >= 0.6 is 0 Å². The van der Waals surface area contributed by atoms with E-state index in [1.165, 1.54) is 0 Å².